The Balaban J connectivity index is 1.63. The first-order valence-corrected chi connectivity index (χ1v) is 9.83. The van der Waals surface area contributed by atoms with E-state index in [-0.39, 0.29) is 6.61 Å². The predicted molar refractivity (Wildman–Crippen MR) is 106 cm³/mol. The van der Waals surface area contributed by atoms with Gasteiger partial charge in [-0.2, -0.15) is 0 Å². The number of carbonyl (C=O) groups is 2. The number of carboxylic acids is 1. The zero-order valence-electron chi connectivity index (χ0n) is 15.4. The monoisotopic (exact) mass is 390 g/mol. The number of aliphatic carboxylic acids is 1. The van der Waals surface area contributed by atoms with E-state index in [1.165, 1.54) is 0 Å². The number of hydrogen-bond acceptors (Lipinski definition) is 5. The summed E-state index contributed by atoms with van der Waals surface area (Å²) >= 11 is 1.60. The first kappa shape index (κ1) is 20.9. The summed E-state index contributed by atoms with van der Waals surface area (Å²) in [5.74, 6) is -0.866. The quantitative estimate of drug-likeness (QED) is 0.508. The van der Waals surface area contributed by atoms with Crippen LogP contribution in [0.1, 0.15) is 36.6 Å². The number of amides is 1. The fourth-order valence-electron chi connectivity index (χ4n) is 2.53. The number of alkyl carbamates (subject to hydrolysis) is 1. The Morgan fingerprint density at radius 3 is 2.59 bits per heavy atom. The zero-order chi connectivity index (χ0) is 19.5. The van der Waals surface area contributed by atoms with E-state index in [9.17, 15) is 14.7 Å². The summed E-state index contributed by atoms with van der Waals surface area (Å²) in [6, 6.07) is 13.4. The van der Waals surface area contributed by atoms with Gasteiger partial charge in [0, 0.05) is 18.0 Å². The minimum Gasteiger partial charge on any atom is -0.480 e. The van der Waals surface area contributed by atoms with Crippen LogP contribution in [0.25, 0.3) is 0 Å². The van der Waals surface area contributed by atoms with Crippen molar-refractivity contribution in [3.05, 3.63) is 58.3 Å². The van der Waals surface area contributed by atoms with Crippen molar-refractivity contribution in [3.63, 3.8) is 0 Å². The summed E-state index contributed by atoms with van der Waals surface area (Å²) in [5, 5.41) is 17.3. The molecule has 2 rings (SSSR count). The molecule has 0 saturated carbocycles. The smallest absolute Gasteiger partial charge is 0.407 e. The third-order valence-electron chi connectivity index (χ3n) is 4.29. The Labute approximate surface area is 163 Å². The fraction of sp³-hybridized carbons (Fsp3) is 0.400. The first-order valence-electron chi connectivity index (χ1n) is 8.95. The normalized spacial score (nSPS) is 12.9. The van der Waals surface area contributed by atoms with Crippen LogP contribution in [-0.4, -0.2) is 29.3 Å². The maximum Gasteiger partial charge on any atom is 0.407 e. The van der Waals surface area contributed by atoms with Crippen molar-refractivity contribution in [1.82, 2.24) is 10.6 Å². The third-order valence-corrected chi connectivity index (χ3v) is 5.17. The summed E-state index contributed by atoms with van der Waals surface area (Å²) in [7, 11) is 0. The van der Waals surface area contributed by atoms with Crippen LogP contribution in [-0.2, 0) is 22.7 Å². The molecular weight excluding hydrogens is 364 g/mol. The molecule has 0 bridgehead atoms. The van der Waals surface area contributed by atoms with Crippen LogP contribution in [0.15, 0.2) is 47.8 Å². The standard InChI is InChI=1S/C20H26N2O4S/c1-20(18(23)24,22-14-17-10-7-13-27-17)11-5-6-12-21-19(25)26-15-16-8-3-2-4-9-16/h2-4,7-10,13,22H,5-6,11-12,14-15H2,1H3,(H,21,25)(H,23,24)/t20-/m0/s1. The molecule has 0 aliphatic heterocycles. The van der Waals surface area contributed by atoms with Crippen LogP contribution in [0.3, 0.4) is 0 Å². The molecule has 6 nitrogen and oxygen atoms in total. The van der Waals surface area contributed by atoms with Gasteiger partial charge in [0.1, 0.15) is 12.1 Å². The van der Waals surface area contributed by atoms with Gasteiger partial charge in [-0.25, -0.2) is 4.79 Å². The molecule has 1 heterocycles. The van der Waals surface area contributed by atoms with Crippen LogP contribution in [0.4, 0.5) is 4.79 Å². The molecule has 146 valence electrons. The molecule has 0 aliphatic carbocycles. The molecule has 0 saturated heterocycles. The lowest BCUT2D eigenvalue weighted by Crippen LogP contribution is -2.49. The summed E-state index contributed by atoms with van der Waals surface area (Å²) in [4.78, 5) is 24.4. The van der Waals surface area contributed by atoms with Crippen LogP contribution in [0.5, 0.6) is 0 Å². The summed E-state index contributed by atoms with van der Waals surface area (Å²) < 4.78 is 5.14. The van der Waals surface area contributed by atoms with E-state index in [1.54, 1.807) is 18.3 Å². The molecule has 2 aromatic rings. The van der Waals surface area contributed by atoms with Crippen molar-refractivity contribution in [1.29, 1.82) is 0 Å². The molecule has 0 radical (unpaired) electrons. The van der Waals surface area contributed by atoms with Gasteiger partial charge in [0.15, 0.2) is 0 Å². The fourth-order valence-corrected chi connectivity index (χ4v) is 3.18. The number of thiophene rings is 1. The van der Waals surface area contributed by atoms with Crippen LogP contribution in [0, 0.1) is 0 Å². The Hall–Kier alpha value is -2.38. The molecule has 1 aromatic heterocycles. The average Bonchev–Trinajstić information content (AvgIpc) is 3.19. The molecule has 0 aliphatic rings. The number of rotatable bonds is 11. The van der Waals surface area contributed by atoms with E-state index >= 15 is 0 Å². The number of unbranched alkanes of at least 4 members (excludes halogenated alkanes) is 1. The largest absolute Gasteiger partial charge is 0.480 e. The van der Waals surface area contributed by atoms with Crippen molar-refractivity contribution in [2.24, 2.45) is 0 Å². The second kappa shape index (κ2) is 10.7. The van der Waals surface area contributed by atoms with Gasteiger partial charge >= 0.3 is 12.1 Å². The van der Waals surface area contributed by atoms with Gasteiger partial charge < -0.3 is 15.2 Å². The topological polar surface area (TPSA) is 87.7 Å². The van der Waals surface area contributed by atoms with Crippen LogP contribution < -0.4 is 10.6 Å². The van der Waals surface area contributed by atoms with E-state index in [1.807, 2.05) is 47.8 Å². The molecule has 1 atom stereocenters. The van der Waals surface area contributed by atoms with Crippen molar-refractivity contribution in [2.45, 2.75) is 44.9 Å². The van der Waals surface area contributed by atoms with E-state index in [2.05, 4.69) is 10.6 Å². The van der Waals surface area contributed by atoms with Gasteiger partial charge in [-0.3, -0.25) is 10.1 Å². The lowest BCUT2D eigenvalue weighted by Gasteiger charge is -2.26. The van der Waals surface area contributed by atoms with Crippen LogP contribution in [0.2, 0.25) is 0 Å². The number of benzene rings is 1. The molecule has 1 aromatic carbocycles. The minimum absolute atomic E-state index is 0.233. The Morgan fingerprint density at radius 1 is 1.15 bits per heavy atom. The highest BCUT2D eigenvalue weighted by atomic mass is 32.1. The Bertz CT molecular complexity index is 706. The molecule has 3 N–H and O–H groups in total. The maximum atomic E-state index is 11.7. The Kier molecular flexibility index (Phi) is 8.29. The molecule has 7 heteroatoms. The SMILES string of the molecule is C[C@@](CCCCNC(=O)OCc1ccccc1)(NCc1cccs1)C(=O)O. The molecule has 27 heavy (non-hydrogen) atoms. The van der Waals surface area contributed by atoms with Gasteiger partial charge in [-0.15, -0.1) is 11.3 Å². The zero-order valence-corrected chi connectivity index (χ0v) is 16.3. The third kappa shape index (κ3) is 7.40. The average molecular weight is 391 g/mol. The lowest BCUT2D eigenvalue weighted by molar-refractivity contribution is -0.144. The molecule has 1 amide bonds. The van der Waals surface area contributed by atoms with Gasteiger partial charge in [0.25, 0.3) is 0 Å². The molecule has 0 unspecified atom stereocenters. The number of carbonyl (C=O) groups excluding carboxylic acids is 1. The number of ether oxygens (including phenoxy) is 1. The number of carboxylic acid groups (broad SMARTS) is 1. The summed E-state index contributed by atoms with van der Waals surface area (Å²) in [6.07, 6.45) is 1.38. The minimum atomic E-state index is -0.988. The van der Waals surface area contributed by atoms with Crippen molar-refractivity contribution in [2.75, 3.05) is 6.54 Å². The number of hydrogen-bond donors (Lipinski definition) is 3. The Morgan fingerprint density at radius 2 is 1.93 bits per heavy atom. The predicted octanol–water partition coefficient (Wildman–Crippen LogP) is 3.78. The highest BCUT2D eigenvalue weighted by Crippen LogP contribution is 2.17. The second-order valence-corrected chi connectivity index (χ2v) is 7.55. The number of nitrogens with one attached hydrogen (secondary N) is 2. The van der Waals surface area contributed by atoms with E-state index in [0.29, 0.717) is 32.4 Å². The van der Waals surface area contributed by atoms with Crippen molar-refractivity contribution >= 4 is 23.4 Å². The van der Waals surface area contributed by atoms with E-state index < -0.39 is 17.6 Å². The van der Waals surface area contributed by atoms with Gasteiger partial charge in [0.05, 0.1) is 0 Å². The summed E-state index contributed by atoms with van der Waals surface area (Å²) in [6.45, 7) is 2.92. The lowest BCUT2D eigenvalue weighted by atomic mass is 9.94. The van der Waals surface area contributed by atoms with E-state index in [4.69, 9.17) is 4.74 Å². The second-order valence-electron chi connectivity index (χ2n) is 6.52. The highest BCUT2D eigenvalue weighted by molar-refractivity contribution is 7.09. The maximum absolute atomic E-state index is 11.7. The molecule has 0 fully saturated rings. The van der Waals surface area contributed by atoms with Crippen LogP contribution >= 0.6 is 11.3 Å². The molecule has 0 spiro atoms. The van der Waals surface area contributed by atoms with E-state index in [0.717, 1.165) is 10.4 Å². The van der Waals surface area contributed by atoms with Gasteiger partial charge in [-0.1, -0.05) is 36.4 Å². The highest BCUT2D eigenvalue weighted by Gasteiger charge is 2.31. The van der Waals surface area contributed by atoms with Crippen molar-refractivity contribution in [3.8, 4) is 0 Å². The van der Waals surface area contributed by atoms with Gasteiger partial charge in [0.2, 0.25) is 0 Å². The van der Waals surface area contributed by atoms with Gasteiger partial charge in [-0.05, 0) is 43.2 Å². The molecular formula is C20H26N2O4S. The van der Waals surface area contributed by atoms with Crippen molar-refractivity contribution < 1.29 is 19.4 Å². The first-order chi connectivity index (χ1) is 13.0. The summed E-state index contributed by atoms with van der Waals surface area (Å²) in [5.41, 5.74) is -0.0562.